The van der Waals surface area contributed by atoms with Gasteiger partial charge in [-0.1, -0.05) is 32.0 Å². The minimum Gasteiger partial charge on any atom is -0.480 e. The Kier molecular flexibility index (Phi) is 8.81. The number of fused-ring (bicyclic) bond motifs is 1. The third kappa shape index (κ3) is 6.20. The maximum absolute atomic E-state index is 13.5. The molecule has 1 saturated carbocycles. The number of aromatic nitrogens is 3. The SMILES string of the molecule is CCC(=O)CCCOC[C@H](NC(=O)C1CC12CCN(CC)CC2)c1ncc(-c2cc3ccccc3nc2OC)[nH]1. The summed E-state index contributed by atoms with van der Waals surface area (Å²) >= 11 is 0. The topological polar surface area (TPSA) is 109 Å². The Morgan fingerprint density at radius 3 is 2.77 bits per heavy atom. The first-order valence-electron chi connectivity index (χ1n) is 14.6. The normalized spacial score (nSPS) is 19.0. The van der Waals surface area contributed by atoms with Gasteiger partial charge in [0.25, 0.3) is 0 Å². The van der Waals surface area contributed by atoms with E-state index in [9.17, 15) is 9.59 Å². The van der Waals surface area contributed by atoms with Crippen LogP contribution in [-0.4, -0.2) is 71.5 Å². The number of amides is 1. The van der Waals surface area contributed by atoms with Crippen molar-refractivity contribution in [3.05, 3.63) is 42.4 Å². The van der Waals surface area contributed by atoms with Crippen molar-refractivity contribution in [3.63, 3.8) is 0 Å². The lowest BCUT2D eigenvalue weighted by atomic mass is 9.90. The molecule has 5 rings (SSSR count). The first-order chi connectivity index (χ1) is 19.5. The first kappa shape index (κ1) is 28.2. The number of carbonyl (C=O) groups is 2. The van der Waals surface area contributed by atoms with Crippen LogP contribution >= 0.6 is 0 Å². The number of hydrogen-bond acceptors (Lipinski definition) is 7. The Morgan fingerprint density at radius 1 is 1.23 bits per heavy atom. The third-order valence-corrected chi connectivity index (χ3v) is 8.64. The summed E-state index contributed by atoms with van der Waals surface area (Å²) < 4.78 is 11.6. The van der Waals surface area contributed by atoms with Gasteiger partial charge in [-0.05, 0) is 62.9 Å². The number of hydrogen-bond donors (Lipinski definition) is 2. The van der Waals surface area contributed by atoms with Crippen LogP contribution in [0.2, 0.25) is 0 Å². The molecule has 1 aliphatic carbocycles. The molecule has 1 aromatic carbocycles. The molecule has 2 N–H and O–H groups in total. The van der Waals surface area contributed by atoms with Crippen molar-refractivity contribution in [1.29, 1.82) is 0 Å². The van der Waals surface area contributed by atoms with Crippen LogP contribution in [-0.2, 0) is 14.3 Å². The molecule has 3 heterocycles. The van der Waals surface area contributed by atoms with Crippen LogP contribution in [0, 0.1) is 11.3 Å². The number of nitrogens with one attached hydrogen (secondary N) is 2. The molecule has 1 aliphatic heterocycles. The van der Waals surface area contributed by atoms with Gasteiger partial charge in [-0.3, -0.25) is 9.59 Å². The summed E-state index contributed by atoms with van der Waals surface area (Å²) in [6.07, 6.45) is 6.56. The van der Waals surface area contributed by atoms with Crippen molar-refractivity contribution >= 4 is 22.6 Å². The number of methoxy groups -OCH3 is 1. The summed E-state index contributed by atoms with van der Waals surface area (Å²) in [5.41, 5.74) is 2.55. The Hall–Kier alpha value is -3.30. The van der Waals surface area contributed by atoms with Gasteiger partial charge < -0.3 is 24.7 Å². The molecule has 0 radical (unpaired) electrons. The number of para-hydroxylation sites is 1. The van der Waals surface area contributed by atoms with E-state index < -0.39 is 6.04 Å². The fraction of sp³-hybridized carbons (Fsp3) is 0.548. The fourth-order valence-corrected chi connectivity index (χ4v) is 5.89. The van der Waals surface area contributed by atoms with Crippen molar-refractivity contribution in [1.82, 2.24) is 25.2 Å². The molecule has 3 aromatic rings. The average Bonchev–Trinajstić information content (AvgIpc) is 3.46. The van der Waals surface area contributed by atoms with E-state index in [-0.39, 0.29) is 29.6 Å². The Bertz CT molecular complexity index is 1330. The van der Waals surface area contributed by atoms with Gasteiger partial charge in [0.15, 0.2) is 0 Å². The van der Waals surface area contributed by atoms with Crippen LogP contribution in [0.15, 0.2) is 36.5 Å². The molecule has 40 heavy (non-hydrogen) atoms. The van der Waals surface area contributed by atoms with Crippen molar-refractivity contribution in [2.24, 2.45) is 11.3 Å². The number of Topliss-reactive ketones (excluding diaryl/α,β-unsaturated/α-hetero) is 1. The molecule has 2 aromatic heterocycles. The number of H-pyrrole nitrogens is 1. The van der Waals surface area contributed by atoms with Crippen LogP contribution in [0.5, 0.6) is 5.88 Å². The summed E-state index contributed by atoms with van der Waals surface area (Å²) in [6, 6.07) is 9.49. The van der Waals surface area contributed by atoms with Crippen molar-refractivity contribution in [3.8, 4) is 17.1 Å². The molecule has 1 amide bonds. The molecule has 214 valence electrons. The smallest absolute Gasteiger partial charge is 0.224 e. The van der Waals surface area contributed by atoms with E-state index in [1.165, 1.54) is 0 Å². The van der Waals surface area contributed by atoms with Gasteiger partial charge in [0.2, 0.25) is 11.8 Å². The van der Waals surface area contributed by atoms with E-state index in [1.807, 2.05) is 37.3 Å². The van der Waals surface area contributed by atoms with E-state index in [0.717, 1.165) is 61.1 Å². The molecule has 0 bridgehead atoms. The van der Waals surface area contributed by atoms with Gasteiger partial charge in [0.05, 0.1) is 36.7 Å². The number of ether oxygens (including phenoxy) is 2. The number of imidazole rings is 1. The van der Waals surface area contributed by atoms with Gasteiger partial charge in [-0.15, -0.1) is 0 Å². The maximum atomic E-state index is 13.5. The number of carbonyl (C=O) groups excluding carboxylic acids is 2. The van der Waals surface area contributed by atoms with Crippen LogP contribution < -0.4 is 10.1 Å². The zero-order valence-electron chi connectivity index (χ0n) is 23.9. The second-order valence-corrected chi connectivity index (χ2v) is 11.1. The van der Waals surface area contributed by atoms with Crippen LogP contribution in [0.1, 0.15) is 64.2 Å². The zero-order chi connectivity index (χ0) is 28.1. The van der Waals surface area contributed by atoms with E-state index >= 15 is 0 Å². The summed E-state index contributed by atoms with van der Waals surface area (Å²) in [5.74, 6) is 1.47. The molecular weight excluding hydrogens is 506 g/mol. The minimum atomic E-state index is -0.434. The Labute approximate surface area is 236 Å². The van der Waals surface area contributed by atoms with Crippen molar-refractivity contribution in [2.45, 2.75) is 58.4 Å². The number of likely N-dealkylation sites (tertiary alicyclic amines) is 1. The lowest BCUT2D eigenvalue weighted by Gasteiger charge is -2.32. The highest BCUT2D eigenvalue weighted by molar-refractivity contribution is 5.85. The standard InChI is InChI=1S/C31H41N5O4/c1-4-22(37)10-8-16-40-20-27(34-29(38)24-18-31(24)12-14-36(5-2)15-13-31)28-32-19-26(33-28)23-17-21-9-6-7-11-25(21)35-30(23)39-3/h6-7,9,11,17,19,24,27H,4-5,8,10,12-16,18,20H2,1-3H3,(H,32,33)(H,34,38)/t24?,27-/m0/s1. The molecule has 9 nitrogen and oxygen atoms in total. The van der Waals surface area contributed by atoms with E-state index in [0.29, 0.717) is 37.6 Å². The van der Waals surface area contributed by atoms with Gasteiger partial charge in [0, 0.05) is 30.8 Å². The zero-order valence-corrected chi connectivity index (χ0v) is 23.9. The monoisotopic (exact) mass is 547 g/mol. The summed E-state index contributed by atoms with van der Waals surface area (Å²) in [4.78, 5) is 40.3. The lowest BCUT2D eigenvalue weighted by molar-refractivity contribution is -0.124. The van der Waals surface area contributed by atoms with Gasteiger partial charge >= 0.3 is 0 Å². The molecule has 2 aliphatic rings. The summed E-state index contributed by atoms with van der Waals surface area (Å²) in [7, 11) is 1.61. The number of nitrogens with zero attached hydrogens (tertiary/aromatic N) is 3. The third-order valence-electron chi connectivity index (χ3n) is 8.64. The molecule has 1 saturated heterocycles. The number of rotatable bonds is 13. The largest absolute Gasteiger partial charge is 0.480 e. The van der Waals surface area contributed by atoms with Gasteiger partial charge in [-0.2, -0.15) is 0 Å². The van der Waals surface area contributed by atoms with Crippen LogP contribution in [0.25, 0.3) is 22.2 Å². The van der Waals surface area contributed by atoms with Crippen LogP contribution in [0.3, 0.4) is 0 Å². The number of aromatic amines is 1. The first-order valence-corrected chi connectivity index (χ1v) is 14.6. The van der Waals surface area contributed by atoms with Gasteiger partial charge in [-0.25, -0.2) is 9.97 Å². The molecule has 1 unspecified atom stereocenters. The maximum Gasteiger partial charge on any atom is 0.224 e. The van der Waals surface area contributed by atoms with E-state index in [4.69, 9.17) is 9.47 Å². The highest BCUT2D eigenvalue weighted by Crippen LogP contribution is 2.59. The highest BCUT2D eigenvalue weighted by Gasteiger charge is 2.58. The van der Waals surface area contributed by atoms with Crippen molar-refractivity contribution in [2.75, 3.05) is 40.0 Å². The molecular formula is C31H41N5O4. The second-order valence-electron chi connectivity index (χ2n) is 11.1. The molecule has 9 heteroatoms. The molecule has 1 spiro atoms. The highest BCUT2D eigenvalue weighted by atomic mass is 16.5. The van der Waals surface area contributed by atoms with E-state index in [1.54, 1.807) is 13.3 Å². The summed E-state index contributed by atoms with van der Waals surface area (Å²) in [6.45, 7) is 7.98. The number of piperidine rings is 1. The van der Waals surface area contributed by atoms with Gasteiger partial charge in [0.1, 0.15) is 17.6 Å². The predicted molar refractivity (Wildman–Crippen MR) is 154 cm³/mol. The predicted octanol–water partition coefficient (Wildman–Crippen LogP) is 4.69. The van der Waals surface area contributed by atoms with Crippen LogP contribution in [0.4, 0.5) is 0 Å². The minimum absolute atomic E-state index is 0.0374. The average molecular weight is 548 g/mol. The Morgan fingerprint density at radius 2 is 2.02 bits per heavy atom. The Balaban J connectivity index is 1.31. The quantitative estimate of drug-likeness (QED) is 0.299. The van der Waals surface area contributed by atoms with E-state index in [2.05, 4.69) is 32.1 Å². The second kappa shape index (κ2) is 12.5. The number of pyridine rings is 1. The summed E-state index contributed by atoms with van der Waals surface area (Å²) in [5, 5.41) is 4.24. The number of benzene rings is 1. The molecule has 2 fully saturated rings. The lowest BCUT2D eigenvalue weighted by Crippen LogP contribution is -2.38. The fourth-order valence-electron chi connectivity index (χ4n) is 5.89. The number of ketones is 1. The van der Waals surface area contributed by atoms with Crippen molar-refractivity contribution < 1.29 is 19.1 Å². The molecule has 2 atom stereocenters.